The first-order valence-corrected chi connectivity index (χ1v) is 8.25. The van der Waals surface area contributed by atoms with E-state index in [1.807, 2.05) is 6.07 Å². The molecule has 0 aliphatic rings. The highest BCUT2D eigenvalue weighted by molar-refractivity contribution is 6.19. The molecule has 142 valence electrons. The van der Waals surface area contributed by atoms with Crippen LogP contribution in [0.15, 0.2) is 42.1 Å². The molecule has 0 aliphatic heterocycles. The van der Waals surface area contributed by atoms with E-state index in [1.165, 1.54) is 51.8 Å². The maximum atomic E-state index is 13.4. The van der Waals surface area contributed by atoms with Crippen molar-refractivity contribution < 1.29 is 23.4 Å². The second-order valence-electron chi connectivity index (χ2n) is 5.85. The van der Waals surface area contributed by atoms with Crippen molar-refractivity contribution in [2.75, 3.05) is 21.3 Å². The second-order valence-corrected chi connectivity index (χ2v) is 5.85. The van der Waals surface area contributed by atoms with Crippen LogP contribution in [0.3, 0.4) is 0 Å². The van der Waals surface area contributed by atoms with Gasteiger partial charge in [0.2, 0.25) is 11.5 Å². The molecular weight excluding hydrogens is 363 g/mol. The lowest BCUT2D eigenvalue weighted by atomic mass is 10.0. The molecule has 3 aromatic rings. The average Bonchev–Trinajstić information content (AvgIpc) is 3.13. The molecule has 0 fully saturated rings. The molecule has 1 aromatic heterocycles. The van der Waals surface area contributed by atoms with E-state index in [9.17, 15) is 14.4 Å². The second kappa shape index (κ2) is 7.84. The summed E-state index contributed by atoms with van der Waals surface area (Å²) in [5, 5.41) is 10.1. The highest BCUT2D eigenvalue weighted by Gasteiger charge is 2.18. The van der Waals surface area contributed by atoms with E-state index < -0.39 is 11.6 Å². The maximum Gasteiger partial charge on any atom is 0.205 e. The van der Waals surface area contributed by atoms with Gasteiger partial charge in [0.15, 0.2) is 11.5 Å². The number of hydrogen-bond acceptors (Lipinski definition) is 5. The Labute approximate surface area is 160 Å². The smallest absolute Gasteiger partial charge is 0.205 e. The van der Waals surface area contributed by atoms with Crippen LogP contribution < -0.4 is 14.2 Å². The van der Waals surface area contributed by atoms with Gasteiger partial charge in [-0.05, 0) is 42.0 Å². The third-order valence-electron chi connectivity index (χ3n) is 4.25. The Morgan fingerprint density at radius 1 is 1.11 bits per heavy atom. The molecule has 2 aromatic carbocycles. The Morgan fingerprint density at radius 3 is 2.36 bits per heavy atom. The predicted octanol–water partition coefficient (Wildman–Crippen LogP) is 4.12. The molecule has 3 rings (SSSR count). The number of carbonyl (C=O) groups is 1. The summed E-state index contributed by atoms with van der Waals surface area (Å²) in [6, 6.07) is 9.26. The van der Waals surface area contributed by atoms with Crippen LogP contribution in [0.2, 0.25) is 0 Å². The van der Waals surface area contributed by atoms with E-state index in [-0.39, 0.29) is 11.1 Å². The summed E-state index contributed by atoms with van der Waals surface area (Å²) >= 11 is 0. The van der Waals surface area contributed by atoms with Gasteiger partial charge in [0.05, 0.1) is 21.3 Å². The van der Waals surface area contributed by atoms with Gasteiger partial charge >= 0.3 is 0 Å². The van der Waals surface area contributed by atoms with E-state index in [4.69, 9.17) is 14.2 Å². The van der Waals surface area contributed by atoms with Crippen LogP contribution in [-0.2, 0) is 0 Å². The number of methoxy groups -OCH3 is 3. The van der Waals surface area contributed by atoms with Gasteiger partial charge in [0, 0.05) is 22.7 Å². The van der Waals surface area contributed by atoms with Gasteiger partial charge in [-0.25, -0.2) is 4.39 Å². The molecule has 0 amide bonds. The van der Waals surface area contributed by atoms with Crippen LogP contribution in [0.5, 0.6) is 17.2 Å². The van der Waals surface area contributed by atoms with Crippen molar-refractivity contribution in [1.29, 1.82) is 5.26 Å². The number of nitrogens with one attached hydrogen (secondary N) is 1. The quantitative estimate of drug-likeness (QED) is 0.395. The van der Waals surface area contributed by atoms with Crippen LogP contribution in [0, 0.1) is 17.1 Å². The first-order chi connectivity index (χ1) is 13.5. The number of aromatic amines is 1. The lowest BCUT2D eigenvalue weighted by Crippen LogP contribution is -2.01. The summed E-state index contributed by atoms with van der Waals surface area (Å²) in [7, 11) is 4.44. The van der Waals surface area contributed by atoms with Gasteiger partial charge in [-0.1, -0.05) is 0 Å². The highest BCUT2D eigenvalue weighted by Crippen LogP contribution is 2.38. The number of H-pyrrole nitrogens is 1. The van der Waals surface area contributed by atoms with E-state index in [2.05, 4.69) is 4.98 Å². The van der Waals surface area contributed by atoms with Crippen LogP contribution in [0.4, 0.5) is 4.39 Å². The number of ketones is 1. The fraction of sp³-hybridized carbons (Fsp3) is 0.143. The normalized spacial score (nSPS) is 11.2. The molecule has 0 radical (unpaired) electrons. The Balaban J connectivity index is 2.06. The lowest BCUT2D eigenvalue weighted by Gasteiger charge is -2.13. The number of carbonyl (C=O) groups excluding carboxylic acids is 1. The Bertz CT molecular complexity index is 1100. The molecule has 0 bridgehead atoms. The molecule has 0 saturated heterocycles. The SMILES string of the molecule is COc1cc(/C=C(/C#N)C(=O)c2c[nH]c3cc(F)ccc23)cc(OC)c1OC. The molecule has 6 nitrogen and oxygen atoms in total. The number of aromatic nitrogens is 1. The number of fused-ring (bicyclic) bond motifs is 1. The van der Waals surface area contributed by atoms with Crippen molar-refractivity contribution in [2.24, 2.45) is 0 Å². The molecule has 1 N–H and O–H groups in total. The number of nitrogens with zero attached hydrogens (tertiary/aromatic N) is 1. The zero-order chi connectivity index (χ0) is 20.3. The third-order valence-corrected chi connectivity index (χ3v) is 4.25. The number of halogens is 1. The first kappa shape index (κ1) is 19.0. The number of ether oxygens (including phenoxy) is 3. The Hall–Kier alpha value is -3.79. The van der Waals surface area contributed by atoms with Gasteiger partial charge in [-0.3, -0.25) is 4.79 Å². The minimum absolute atomic E-state index is 0.0838. The summed E-state index contributed by atoms with van der Waals surface area (Å²) < 4.78 is 29.2. The molecule has 0 saturated carbocycles. The fourth-order valence-electron chi connectivity index (χ4n) is 2.93. The van der Waals surface area contributed by atoms with Crippen LogP contribution >= 0.6 is 0 Å². The molecule has 28 heavy (non-hydrogen) atoms. The average molecular weight is 380 g/mol. The number of Topliss-reactive ketones (excluding diaryl/α,β-unsaturated/α-hetero) is 1. The number of allylic oxidation sites excluding steroid dienone is 1. The van der Waals surface area contributed by atoms with Gasteiger partial charge in [0.25, 0.3) is 0 Å². The first-order valence-electron chi connectivity index (χ1n) is 8.25. The van der Waals surface area contributed by atoms with Crippen LogP contribution in [0.25, 0.3) is 17.0 Å². The summed E-state index contributed by atoms with van der Waals surface area (Å²) in [5.74, 6) is 0.322. The zero-order valence-corrected chi connectivity index (χ0v) is 15.5. The molecule has 0 atom stereocenters. The molecule has 0 spiro atoms. The van der Waals surface area contributed by atoms with Crippen LogP contribution in [0.1, 0.15) is 15.9 Å². The van der Waals surface area contributed by atoms with Crippen molar-refractivity contribution in [3.05, 3.63) is 59.0 Å². The number of hydrogen-bond donors (Lipinski definition) is 1. The summed E-state index contributed by atoms with van der Waals surface area (Å²) in [6.45, 7) is 0. The lowest BCUT2D eigenvalue weighted by molar-refractivity contribution is 0.104. The largest absolute Gasteiger partial charge is 0.493 e. The molecule has 7 heteroatoms. The fourth-order valence-corrected chi connectivity index (χ4v) is 2.93. The zero-order valence-electron chi connectivity index (χ0n) is 15.5. The van der Waals surface area contributed by atoms with Gasteiger partial charge in [-0.2, -0.15) is 5.26 Å². The molecule has 0 aliphatic carbocycles. The van der Waals surface area contributed by atoms with Gasteiger partial charge in [0.1, 0.15) is 17.5 Å². The summed E-state index contributed by atoms with van der Waals surface area (Å²) in [5.41, 5.74) is 1.22. The van der Waals surface area contributed by atoms with Crippen molar-refractivity contribution in [3.63, 3.8) is 0 Å². The predicted molar refractivity (Wildman–Crippen MR) is 102 cm³/mol. The van der Waals surface area contributed by atoms with Crippen molar-refractivity contribution in [1.82, 2.24) is 4.98 Å². The Morgan fingerprint density at radius 2 is 1.79 bits per heavy atom. The molecular formula is C21H17FN2O4. The van der Waals surface area contributed by atoms with E-state index in [1.54, 1.807) is 12.1 Å². The van der Waals surface area contributed by atoms with E-state index >= 15 is 0 Å². The standard InChI is InChI=1S/C21H17FN2O4/c1-26-18-7-12(8-19(27-2)21(18)28-3)6-13(10-23)20(25)16-11-24-17-9-14(22)4-5-15(16)17/h4-9,11,24H,1-3H3/b13-6-. The van der Waals surface area contributed by atoms with Gasteiger partial charge in [-0.15, -0.1) is 0 Å². The minimum Gasteiger partial charge on any atom is -0.493 e. The Kier molecular flexibility index (Phi) is 5.32. The molecule has 0 unspecified atom stereocenters. The van der Waals surface area contributed by atoms with E-state index in [0.29, 0.717) is 33.7 Å². The third kappa shape index (κ3) is 3.40. The number of rotatable bonds is 6. The summed E-state index contributed by atoms with van der Waals surface area (Å²) in [6.07, 6.45) is 2.90. The monoisotopic (exact) mass is 380 g/mol. The minimum atomic E-state index is -0.478. The van der Waals surface area contributed by atoms with Crippen LogP contribution in [-0.4, -0.2) is 32.1 Å². The maximum absolute atomic E-state index is 13.4. The summed E-state index contributed by atoms with van der Waals surface area (Å²) in [4.78, 5) is 15.7. The van der Waals surface area contributed by atoms with Gasteiger partial charge < -0.3 is 19.2 Å². The van der Waals surface area contributed by atoms with Crippen molar-refractivity contribution >= 4 is 22.8 Å². The topological polar surface area (TPSA) is 84.3 Å². The van der Waals surface area contributed by atoms with Crippen molar-refractivity contribution in [2.45, 2.75) is 0 Å². The molecule has 1 heterocycles. The van der Waals surface area contributed by atoms with E-state index in [0.717, 1.165) is 0 Å². The number of nitriles is 1. The number of benzene rings is 2. The highest BCUT2D eigenvalue weighted by atomic mass is 19.1. The van der Waals surface area contributed by atoms with Crippen molar-refractivity contribution in [3.8, 4) is 23.3 Å².